The maximum Gasteiger partial charge on any atom is 0.0672 e. The molecule has 0 aromatic rings. The van der Waals surface area contributed by atoms with Crippen LogP contribution in [0.4, 0.5) is 0 Å². The number of nitriles is 1. The van der Waals surface area contributed by atoms with Crippen LogP contribution in [0.2, 0.25) is 0 Å². The van der Waals surface area contributed by atoms with Gasteiger partial charge in [0.05, 0.1) is 12.0 Å². The van der Waals surface area contributed by atoms with E-state index in [1.54, 1.807) is 0 Å². The third-order valence-electron chi connectivity index (χ3n) is 2.93. The molecule has 1 aliphatic heterocycles. The zero-order chi connectivity index (χ0) is 9.84. The summed E-state index contributed by atoms with van der Waals surface area (Å²) >= 11 is 0. The molecule has 2 atom stereocenters. The average Bonchev–Trinajstić information content (AvgIpc) is 2.46. The molecule has 0 amide bonds. The van der Waals surface area contributed by atoms with Crippen LogP contribution >= 0.6 is 0 Å². The van der Waals surface area contributed by atoms with Crippen molar-refractivity contribution in [3.05, 3.63) is 0 Å². The van der Waals surface area contributed by atoms with Gasteiger partial charge in [-0.15, -0.1) is 0 Å². The molecule has 1 heterocycles. The molecule has 2 unspecified atom stereocenters. The van der Waals surface area contributed by atoms with E-state index in [1.165, 1.54) is 19.5 Å². The fourth-order valence-corrected chi connectivity index (χ4v) is 1.87. The van der Waals surface area contributed by atoms with Crippen LogP contribution in [-0.4, -0.2) is 24.5 Å². The molecule has 1 aliphatic rings. The summed E-state index contributed by atoms with van der Waals surface area (Å²) in [4.78, 5) is 2.43. The summed E-state index contributed by atoms with van der Waals surface area (Å²) in [6.45, 7) is 9.90. The SMILES string of the molecule is CC1CCN(CC(C#N)C(C)C)C1. The highest BCUT2D eigenvalue weighted by Crippen LogP contribution is 2.19. The van der Waals surface area contributed by atoms with Crippen LogP contribution in [0.25, 0.3) is 0 Å². The Kier molecular flexibility index (Phi) is 3.74. The van der Waals surface area contributed by atoms with E-state index >= 15 is 0 Å². The number of hydrogen-bond donors (Lipinski definition) is 0. The van der Waals surface area contributed by atoms with Crippen LogP contribution in [0, 0.1) is 29.1 Å². The Morgan fingerprint density at radius 2 is 2.23 bits per heavy atom. The van der Waals surface area contributed by atoms with E-state index in [1.807, 2.05) is 0 Å². The Morgan fingerprint density at radius 3 is 2.62 bits per heavy atom. The first-order valence-corrected chi connectivity index (χ1v) is 5.25. The molecule has 0 spiro atoms. The van der Waals surface area contributed by atoms with E-state index in [9.17, 15) is 0 Å². The molecule has 1 fully saturated rings. The lowest BCUT2D eigenvalue weighted by atomic mass is 9.97. The first kappa shape index (κ1) is 10.5. The van der Waals surface area contributed by atoms with E-state index in [4.69, 9.17) is 5.26 Å². The van der Waals surface area contributed by atoms with Crippen molar-refractivity contribution < 1.29 is 0 Å². The minimum atomic E-state index is 0.213. The predicted molar refractivity (Wildman–Crippen MR) is 54.2 cm³/mol. The summed E-state index contributed by atoms with van der Waals surface area (Å²) in [5, 5.41) is 8.95. The molecule has 0 saturated carbocycles. The van der Waals surface area contributed by atoms with Crippen LogP contribution in [0.5, 0.6) is 0 Å². The lowest BCUT2D eigenvalue weighted by Crippen LogP contribution is -2.29. The van der Waals surface area contributed by atoms with Crippen molar-refractivity contribution in [3.63, 3.8) is 0 Å². The maximum atomic E-state index is 8.95. The first-order valence-electron chi connectivity index (χ1n) is 5.25. The van der Waals surface area contributed by atoms with E-state index in [0.717, 1.165) is 12.5 Å². The number of likely N-dealkylation sites (tertiary alicyclic amines) is 1. The first-order chi connectivity index (χ1) is 6.13. The summed E-state index contributed by atoms with van der Waals surface area (Å²) in [6.07, 6.45) is 1.30. The second kappa shape index (κ2) is 4.62. The zero-order valence-electron chi connectivity index (χ0n) is 8.95. The molecule has 2 heteroatoms. The van der Waals surface area contributed by atoms with E-state index in [2.05, 4.69) is 31.7 Å². The van der Waals surface area contributed by atoms with Crippen molar-refractivity contribution >= 4 is 0 Å². The van der Waals surface area contributed by atoms with Gasteiger partial charge in [-0.05, 0) is 24.8 Å². The van der Waals surface area contributed by atoms with Crippen LogP contribution in [0.15, 0.2) is 0 Å². The van der Waals surface area contributed by atoms with Gasteiger partial charge in [0.2, 0.25) is 0 Å². The Labute approximate surface area is 81.5 Å². The predicted octanol–water partition coefficient (Wildman–Crippen LogP) is 2.12. The van der Waals surface area contributed by atoms with Crippen molar-refractivity contribution in [1.29, 1.82) is 5.26 Å². The quantitative estimate of drug-likeness (QED) is 0.665. The molecule has 1 rings (SSSR count). The molecule has 2 nitrogen and oxygen atoms in total. The van der Waals surface area contributed by atoms with E-state index < -0.39 is 0 Å². The highest BCUT2D eigenvalue weighted by atomic mass is 15.1. The third-order valence-corrected chi connectivity index (χ3v) is 2.93. The largest absolute Gasteiger partial charge is 0.302 e. The topological polar surface area (TPSA) is 27.0 Å². The molecule has 0 bridgehead atoms. The van der Waals surface area contributed by atoms with E-state index in [0.29, 0.717) is 5.92 Å². The lowest BCUT2D eigenvalue weighted by molar-refractivity contribution is 0.267. The Hall–Kier alpha value is -0.550. The van der Waals surface area contributed by atoms with Gasteiger partial charge in [0.25, 0.3) is 0 Å². The van der Waals surface area contributed by atoms with Crippen molar-refractivity contribution in [2.24, 2.45) is 17.8 Å². The highest BCUT2D eigenvalue weighted by Gasteiger charge is 2.22. The minimum Gasteiger partial charge on any atom is -0.302 e. The van der Waals surface area contributed by atoms with Crippen LogP contribution < -0.4 is 0 Å². The molecule has 0 N–H and O–H groups in total. The molecule has 13 heavy (non-hydrogen) atoms. The molecular weight excluding hydrogens is 160 g/mol. The summed E-state index contributed by atoms with van der Waals surface area (Å²) in [5.41, 5.74) is 0. The van der Waals surface area contributed by atoms with Crippen molar-refractivity contribution in [2.75, 3.05) is 19.6 Å². The zero-order valence-corrected chi connectivity index (χ0v) is 8.95. The normalized spacial score (nSPS) is 26.2. The molecule has 0 aliphatic carbocycles. The molecule has 74 valence electrons. The Morgan fingerprint density at radius 1 is 1.54 bits per heavy atom. The number of hydrogen-bond acceptors (Lipinski definition) is 2. The second-order valence-corrected chi connectivity index (χ2v) is 4.63. The minimum absolute atomic E-state index is 0.213. The van der Waals surface area contributed by atoms with Gasteiger partial charge in [-0.1, -0.05) is 20.8 Å². The van der Waals surface area contributed by atoms with Crippen LogP contribution in [-0.2, 0) is 0 Å². The second-order valence-electron chi connectivity index (χ2n) is 4.63. The van der Waals surface area contributed by atoms with Gasteiger partial charge >= 0.3 is 0 Å². The molecule has 1 saturated heterocycles. The molecule has 0 aromatic heterocycles. The smallest absolute Gasteiger partial charge is 0.0672 e. The molecular formula is C11H20N2. The van der Waals surface area contributed by atoms with Gasteiger partial charge in [0.15, 0.2) is 0 Å². The maximum absolute atomic E-state index is 8.95. The van der Waals surface area contributed by atoms with Gasteiger partial charge in [-0.25, -0.2) is 0 Å². The number of rotatable bonds is 3. The summed E-state index contributed by atoms with van der Waals surface area (Å²) in [5.74, 6) is 1.53. The summed E-state index contributed by atoms with van der Waals surface area (Å²) in [6, 6.07) is 2.40. The van der Waals surface area contributed by atoms with Gasteiger partial charge in [0.1, 0.15) is 0 Å². The Bertz CT molecular complexity index is 193. The summed E-state index contributed by atoms with van der Waals surface area (Å²) in [7, 11) is 0. The summed E-state index contributed by atoms with van der Waals surface area (Å²) < 4.78 is 0. The molecule has 0 aromatic carbocycles. The van der Waals surface area contributed by atoms with Crippen LogP contribution in [0.1, 0.15) is 27.2 Å². The van der Waals surface area contributed by atoms with Crippen molar-refractivity contribution in [1.82, 2.24) is 4.90 Å². The fourth-order valence-electron chi connectivity index (χ4n) is 1.87. The van der Waals surface area contributed by atoms with Gasteiger partial charge in [-0.2, -0.15) is 5.26 Å². The van der Waals surface area contributed by atoms with Gasteiger partial charge in [-0.3, -0.25) is 0 Å². The highest BCUT2D eigenvalue weighted by molar-refractivity contribution is 4.88. The van der Waals surface area contributed by atoms with Crippen molar-refractivity contribution in [3.8, 4) is 6.07 Å². The monoisotopic (exact) mass is 180 g/mol. The average molecular weight is 180 g/mol. The van der Waals surface area contributed by atoms with Gasteiger partial charge in [0, 0.05) is 13.1 Å². The Balaban J connectivity index is 2.35. The van der Waals surface area contributed by atoms with E-state index in [-0.39, 0.29) is 5.92 Å². The van der Waals surface area contributed by atoms with Crippen molar-refractivity contribution in [2.45, 2.75) is 27.2 Å². The standard InChI is InChI=1S/C11H20N2/c1-9(2)11(6-12)8-13-5-4-10(3)7-13/h9-11H,4-5,7-8H2,1-3H3. The third kappa shape index (κ3) is 3.00. The van der Waals surface area contributed by atoms with Crippen LogP contribution in [0.3, 0.4) is 0 Å². The molecule has 0 radical (unpaired) electrons. The lowest BCUT2D eigenvalue weighted by Gasteiger charge is -2.21. The fraction of sp³-hybridized carbons (Fsp3) is 0.909. The van der Waals surface area contributed by atoms with Gasteiger partial charge < -0.3 is 4.90 Å². The number of nitrogens with zero attached hydrogens (tertiary/aromatic N) is 2.